The van der Waals surface area contributed by atoms with Gasteiger partial charge in [-0.25, -0.2) is 9.78 Å². The first kappa shape index (κ1) is 20.2. The van der Waals surface area contributed by atoms with Crippen molar-refractivity contribution in [2.75, 3.05) is 37.6 Å². The Labute approximate surface area is 174 Å². The van der Waals surface area contributed by atoms with Crippen molar-refractivity contribution in [2.45, 2.75) is 12.4 Å². The van der Waals surface area contributed by atoms with Crippen LogP contribution in [0.3, 0.4) is 0 Å². The molecule has 0 spiro atoms. The molecule has 0 radical (unpaired) electrons. The monoisotopic (exact) mass is 410 g/mol. The number of hydrogen-bond acceptors (Lipinski definition) is 7. The fraction of sp³-hybridized carbons (Fsp3) is 0.350. The maximum Gasteiger partial charge on any atom is 0.547 e. The summed E-state index contributed by atoms with van der Waals surface area (Å²) in [5.41, 5.74) is 0.650. The number of para-hydroxylation sites is 1. The van der Waals surface area contributed by atoms with E-state index in [0.717, 1.165) is 32.0 Å². The SMILES string of the molecule is O=C(CN1CCN(c2ccccn2)CC1)NC1Cc2cccc(C(=O)O)c2OB1O. The van der Waals surface area contributed by atoms with Gasteiger partial charge in [0.2, 0.25) is 5.91 Å². The van der Waals surface area contributed by atoms with Crippen LogP contribution >= 0.6 is 0 Å². The Hall–Kier alpha value is -3.11. The number of rotatable bonds is 5. The Balaban J connectivity index is 1.31. The Morgan fingerprint density at radius 3 is 2.67 bits per heavy atom. The summed E-state index contributed by atoms with van der Waals surface area (Å²) in [6, 6.07) is 10.6. The van der Waals surface area contributed by atoms with Gasteiger partial charge >= 0.3 is 13.1 Å². The summed E-state index contributed by atoms with van der Waals surface area (Å²) in [4.78, 5) is 32.5. The van der Waals surface area contributed by atoms with Gasteiger partial charge in [0.1, 0.15) is 11.6 Å². The van der Waals surface area contributed by atoms with Crippen LogP contribution in [0.1, 0.15) is 15.9 Å². The lowest BCUT2D eigenvalue weighted by molar-refractivity contribution is -0.122. The van der Waals surface area contributed by atoms with Gasteiger partial charge in [-0.1, -0.05) is 18.2 Å². The fourth-order valence-electron chi connectivity index (χ4n) is 3.85. The second-order valence-corrected chi connectivity index (χ2v) is 7.44. The van der Waals surface area contributed by atoms with Gasteiger partial charge in [-0.15, -0.1) is 0 Å². The molecule has 30 heavy (non-hydrogen) atoms. The summed E-state index contributed by atoms with van der Waals surface area (Å²) in [5.74, 6) is -0.862. The predicted octanol–water partition coefficient (Wildman–Crippen LogP) is 0.0414. The zero-order valence-electron chi connectivity index (χ0n) is 16.4. The van der Waals surface area contributed by atoms with Crippen LogP contribution in [0.5, 0.6) is 5.75 Å². The van der Waals surface area contributed by atoms with Gasteiger partial charge in [-0.05, 0) is 30.2 Å². The van der Waals surface area contributed by atoms with Crippen molar-refractivity contribution in [1.29, 1.82) is 0 Å². The van der Waals surface area contributed by atoms with E-state index in [0.29, 0.717) is 12.0 Å². The number of anilines is 1. The molecular weight excluding hydrogens is 387 g/mol. The van der Waals surface area contributed by atoms with Crippen LogP contribution in [0.15, 0.2) is 42.6 Å². The number of benzene rings is 1. The van der Waals surface area contributed by atoms with Gasteiger partial charge in [0.15, 0.2) is 0 Å². The number of carboxylic acid groups (broad SMARTS) is 1. The second-order valence-electron chi connectivity index (χ2n) is 7.44. The topological polar surface area (TPSA) is 115 Å². The summed E-state index contributed by atoms with van der Waals surface area (Å²) >= 11 is 0. The second kappa shape index (κ2) is 8.72. The Morgan fingerprint density at radius 1 is 1.17 bits per heavy atom. The largest absolute Gasteiger partial charge is 0.547 e. The standard InChI is InChI=1S/C20H23BN4O5/c26-18(13-24-8-10-25(11-9-24)17-6-1-2-7-22-17)23-16-12-14-4-3-5-15(20(27)28)19(14)30-21(16)29/h1-7,16,29H,8-13H2,(H,23,26)(H,27,28). The molecule has 156 valence electrons. The highest BCUT2D eigenvalue weighted by atomic mass is 16.5. The van der Waals surface area contributed by atoms with Crippen molar-refractivity contribution >= 4 is 24.8 Å². The van der Waals surface area contributed by atoms with Crippen LogP contribution in [0, 0.1) is 0 Å². The van der Waals surface area contributed by atoms with Gasteiger partial charge in [0.25, 0.3) is 0 Å². The highest BCUT2D eigenvalue weighted by Crippen LogP contribution is 2.30. The molecule has 0 aliphatic carbocycles. The molecule has 1 unspecified atom stereocenters. The molecule has 4 rings (SSSR count). The van der Waals surface area contributed by atoms with Gasteiger partial charge in [0, 0.05) is 32.4 Å². The van der Waals surface area contributed by atoms with E-state index in [4.69, 9.17) is 4.65 Å². The number of carboxylic acids is 1. The molecule has 1 amide bonds. The molecule has 0 saturated carbocycles. The van der Waals surface area contributed by atoms with E-state index in [1.54, 1.807) is 18.3 Å². The van der Waals surface area contributed by atoms with E-state index < -0.39 is 19.0 Å². The maximum absolute atomic E-state index is 12.5. The number of nitrogens with zero attached hydrogens (tertiary/aromatic N) is 3. The van der Waals surface area contributed by atoms with Crippen LogP contribution in [-0.4, -0.2) is 77.7 Å². The van der Waals surface area contributed by atoms with Crippen molar-refractivity contribution in [3.05, 3.63) is 53.7 Å². The normalized spacial score (nSPS) is 19.0. The van der Waals surface area contributed by atoms with Crippen molar-refractivity contribution < 1.29 is 24.4 Å². The zero-order valence-corrected chi connectivity index (χ0v) is 16.4. The number of aromatic nitrogens is 1. The van der Waals surface area contributed by atoms with E-state index in [1.165, 1.54) is 6.07 Å². The first-order chi connectivity index (χ1) is 14.5. The fourth-order valence-corrected chi connectivity index (χ4v) is 3.85. The maximum atomic E-state index is 12.5. The van der Waals surface area contributed by atoms with E-state index in [1.807, 2.05) is 18.2 Å². The molecule has 0 bridgehead atoms. The number of piperazine rings is 1. The molecule has 1 aromatic heterocycles. The first-order valence-electron chi connectivity index (χ1n) is 9.89. The van der Waals surface area contributed by atoms with Crippen molar-refractivity contribution in [2.24, 2.45) is 0 Å². The molecule has 1 atom stereocenters. The van der Waals surface area contributed by atoms with Crippen molar-refractivity contribution in [1.82, 2.24) is 15.2 Å². The van der Waals surface area contributed by atoms with Gasteiger partial charge in [-0.3, -0.25) is 9.69 Å². The van der Waals surface area contributed by atoms with Crippen molar-refractivity contribution in [3.63, 3.8) is 0 Å². The van der Waals surface area contributed by atoms with Crippen LogP contribution in [0.25, 0.3) is 0 Å². The molecule has 3 N–H and O–H groups in total. The highest BCUT2D eigenvalue weighted by molar-refractivity contribution is 6.47. The van der Waals surface area contributed by atoms with E-state index in [2.05, 4.69) is 20.1 Å². The average Bonchev–Trinajstić information content (AvgIpc) is 2.75. The lowest BCUT2D eigenvalue weighted by Gasteiger charge is -2.35. The first-order valence-corrected chi connectivity index (χ1v) is 9.89. The third-order valence-electron chi connectivity index (χ3n) is 5.41. The molecule has 1 aromatic carbocycles. The molecule has 1 saturated heterocycles. The third-order valence-corrected chi connectivity index (χ3v) is 5.41. The molecular formula is C20H23BN4O5. The number of carbonyl (C=O) groups excluding carboxylic acids is 1. The summed E-state index contributed by atoms with van der Waals surface area (Å²) in [7, 11) is -1.30. The number of carbonyl (C=O) groups is 2. The number of amides is 1. The molecule has 1 fully saturated rings. The van der Waals surface area contributed by atoms with Crippen LogP contribution in [0.2, 0.25) is 0 Å². The lowest BCUT2D eigenvalue weighted by atomic mass is 9.72. The van der Waals surface area contributed by atoms with E-state index >= 15 is 0 Å². The Bertz CT molecular complexity index is 921. The lowest BCUT2D eigenvalue weighted by Crippen LogP contribution is -2.56. The molecule has 2 aromatic rings. The van der Waals surface area contributed by atoms with Gasteiger partial charge in [0.05, 0.1) is 18.0 Å². The van der Waals surface area contributed by atoms with Crippen LogP contribution in [-0.2, 0) is 11.2 Å². The zero-order chi connectivity index (χ0) is 21.1. The molecule has 2 aliphatic heterocycles. The van der Waals surface area contributed by atoms with E-state index in [-0.39, 0.29) is 23.8 Å². The summed E-state index contributed by atoms with van der Waals surface area (Å²) < 4.78 is 5.42. The molecule has 10 heteroatoms. The smallest absolute Gasteiger partial charge is 0.534 e. The average molecular weight is 410 g/mol. The minimum absolute atomic E-state index is 0.00195. The summed E-state index contributed by atoms with van der Waals surface area (Å²) in [6.45, 7) is 3.26. The number of aromatic carboxylic acids is 1. The number of nitrogens with one attached hydrogen (secondary N) is 1. The van der Waals surface area contributed by atoms with Crippen LogP contribution in [0.4, 0.5) is 5.82 Å². The minimum atomic E-state index is -1.30. The quantitative estimate of drug-likeness (QED) is 0.592. The van der Waals surface area contributed by atoms with Crippen LogP contribution < -0.4 is 14.9 Å². The minimum Gasteiger partial charge on any atom is -0.534 e. The Kier molecular flexibility index (Phi) is 5.87. The van der Waals surface area contributed by atoms with Crippen molar-refractivity contribution in [3.8, 4) is 5.75 Å². The highest BCUT2D eigenvalue weighted by Gasteiger charge is 2.38. The predicted molar refractivity (Wildman–Crippen MR) is 111 cm³/mol. The summed E-state index contributed by atoms with van der Waals surface area (Å²) in [5, 5.41) is 22.4. The number of fused-ring (bicyclic) bond motifs is 1. The van der Waals surface area contributed by atoms with E-state index in [9.17, 15) is 19.7 Å². The van der Waals surface area contributed by atoms with Gasteiger partial charge < -0.3 is 25.0 Å². The number of pyridine rings is 1. The Morgan fingerprint density at radius 2 is 1.97 bits per heavy atom. The molecule has 2 aliphatic rings. The summed E-state index contributed by atoms with van der Waals surface area (Å²) in [6.07, 6.45) is 2.07. The molecule has 3 heterocycles. The molecule has 9 nitrogen and oxygen atoms in total. The van der Waals surface area contributed by atoms with Gasteiger partial charge in [-0.2, -0.15) is 0 Å². The number of hydrogen-bond donors (Lipinski definition) is 3. The third kappa shape index (κ3) is 4.39.